The van der Waals surface area contributed by atoms with Crippen molar-refractivity contribution in [3.63, 3.8) is 0 Å². The Morgan fingerprint density at radius 2 is 1.97 bits per heavy atom. The molecule has 0 saturated carbocycles. The lowest BCUT2D eigenvalue weighted by molar-refractivity contribution is -0.141. The van der Waals surface area contributed by atoms with Crippen molar-refractivity contribution >= 4 is 40.9 Å². The van der Waals surface area contributed by atoms with E-state index in [1.807, 2.05) is 0 Å². The fourth-order valence-corrected chi connectivity index (χ4v) is 3.47. The molecule has 0 aliphatic rings. The van der Waals surface area contributed by atoms with Gasteiger partial charge >= 0.3 is 12.1 Å². The highest BCUT2D eigenvalue weighted by Crippen LogP contribution is 2.30. The van der Waals surface area contributed by atoms with E-state index in [4.69, 9.17) is 17.3 Å². The molecular formula is C24H21ClF4N6O3. The highest BCUT2D eigenvalue weighted by atomic mass is 35.5. The molecule has 1 aromatic carbocycles. The molecule has 38 heavy (non-hydrogen) atoms. The van der Waals surface area contributed by atoms with Crippen LogP contribution in [0.4, 0.5) is 23.2 Å². The van der Waals surface area contributed by atoms with E-state index in [0.717, 1.165) is 34.7 Å². The van der Waals surface area contributed by atoms with E-state index in [1.54, 1.807) is 0 Å². The number of allylic oxidation sites excluding steroid dienone is 1. The Morgan fingerprint density at radius 1 is 1.29 bits per heavy atom. The number of carbonyl (C=O) groups is 1. The number of hydrogen-bond acceptors (Lipinski definition) is 7. The summed E-state index contributed by atoms with van der Waals surface area (Å²) in [6.45, 7) is 5.10. The zero-order chi connectivity index (χ0) is 28.4. The van der Waals surface area contributed by atoms with E-state index in [-0.39, 0.29) is 39.1 Å². The normalized spacial score (nSPS) is 12.4. The second-order valence-corrected chi connectivity index (χ2v) is 8.30. The van der Waals surface area contributed by atoms with Crippen LogP contribution < -0.4 is 16.6 Å². The second kappa shape index (κ2) is 10.9. The van der Waals surface area contributed by atoms with Crippen molar-refractivity contribution in [1.29, 1.82) is 0 Å². The predicted octanol–water partition coefficient (Wildman–Crippen LogP) is 4.43. The number of aryl methyl sites for hydroxylation is 2. The number of methoxy groups -OCH3 is 1. The fourth-order valence-electron chi connectivity index (χ4n) is 3.29. The Hall–Kier alpha value is -4.39. The topological polar surface area (TPSA) is 117 Å². The molecule has 3 rings (SSSR count). The number of anilines is 1. The van der Waals surface area contributed by atoms with Gasteiger partial charge in [-0.3, -0.25) is 4.79 Å². The molecule has 0 unspecified atom stereocenters. The number of alkyl halides is 3. The van der Waals surface area contributed by atoms with E-state index in [1.165, 1.54) is 38.4 Å². The van der Waals surface area contributed by atoms with E-state index in [2.05, 4.69) is 26.7 Å². The molecule has 14 heteroatoms. The molecule has 0 bridgehead atoms. The summed E-state index contributed by atoms with van der Waals surface area (Å²) in [7, 11) is 2.45. The Bertz CT molecular complexity index is 1540. The van der Waals surface area contributed by atoms with Gasteiger partial charge in [-0.1, -0.05) is 18.2 Å². The zero-order valence-electron chi connectivity index (χ0n) is 20.2. The van der Waals surface area contributed by atoms with Gasteiger partial charge in [0.15, 0.2) is 5.69 Å². The first-order valence-corrected chi connectivity index (χ1v) is 11.0. The van der Waals surface area contributed by atoms with Crippen LogP contribution in [0.5, 0.6) is 0 Å². The van der Waals surface area contributed by atoms with Gasteiger partial charge in [0.25, 0.3) is 5.56 Å². The molecule has 9 nitrogen and oxygen atoms in total. The van der Waals surface area contributed by atoms with E-state index in [9.17, 15) is 27.2 Å². The Kier molecular flexibility index (Phi) is 8.10. The highest BCUT2D eigenvalue weighted by Gasteiger charge is 2.35. The largest absolute Gasteiger partial charge is 0.465 e. The van der Waals surface area contributed by atoms with Crippen molar-refractivity contribution in [3.05, 3.63) is 92.6 Å². The van der Waals surface area contributed by atoms with Crippen molar-refractivity contribution < 1.29 is 27.1 Å². The summed E-state index contributed by atoms with van der Waals surface area (Å²) in [5.74, 6) is -1.84. The van der Waals surface area contributed by atoms with E-state index >= 15 is 0 Å². The van der Waals surface area contributed by atoms with Crippen molar-refractivity contribution in [3.8, 4) is 0 Å². The van der Waals surface area contributed by atoms with Crippen LogP contribution in [0.15, 0.2) is 58.7 Å². The third kappa shape index (κ3) is 6.11. The molecule has 0 radical (unpaired) electrons. The number of aliphatic imine (C=N–C) groups is 1. The zero-order valence-corrected chi connectivity index (χ0v) is 21.0. The van der Waals surface area contributed by atoms with Gasteiger partial charge < -0.3 is 20.4 Å². The first kappa shape index (κ1) is 28.2. The van der Waals surface area contributed by atoms with Crippen molar-refractivity contribution in [1.82, 2.24) is 14.3 Å². The van der Waals surface area contributed by atoms with Crippen molar-refractivity contribution in [2.45, 2.75) is 13.1 Å². The van der Waals surface area contributed by atoms with Crippen LogP contribution in [0.2, 0.25) is 5.02 Å². The molecule has 200 valence electrons. The Labute approximate surface area is 218 Å². The number of hydrogen-bond donors (Lipinski definition) is 2. The summed E-state index contributed by atoms with van der Waals surface area (Å²) in [6, 6.07) is 5.78. The molecule has 2 heterocycles. The molecule has 0 amide bonds. The Morgan fingerprint density at radius 3 is 2.55 bits per heavy atom. The molecule has 0 aliphatic carbocycles. The molecule has 3 aromatic rings. The average Bonchev–Trinajstić information content (AvgIpc) is 3.25. The number of nitrogens with one attached hydrogen (secondary N) is 1. The van der Waals surface area contributed by atoms with E-state index in [0.29, 0.717) is 5.69 Å². The van der Waals surface area contributed by atoms with Gasteiger partial charge in [0.05, 0.1) is 12.1 Å². The number of halogens is 5. The van der Waals surface area contributed by atoms with Gasteiger partial charge in [0, 0.05) is 42.0 Å². The molecule has 3 N–H and O–H groups in total. The molecule has 2 aromatic heterocycles. The average molecular weight is 553 g/mol. The third-order valence-electron chi connectivity index (χ3n) is 5.14. The summed E-state index contributed by atoms with van der Waals surface area (Å²) in [5.41, 5.74) is 4.59. The van der Waals surface area contributed by atoms with Crippen LogP contribution in [0.1, 0.15) is 27.3 Å². The fraction of sp³-hybridized carbons (Fsp3) is 0.167. The molecular weight excluding hydrogens is 532 g/mol. The predicted molar refractivity (Wildman–Crippen MR) is 135 cm³/mol. The van der Waals surface area contributed by atoms with E-state index < -0.39 is 29.2 Å². The minimum Gasteiger partial charge on any atom is -0.465 e. The summed E-state index contributed by atoms with van der Waals surface area (Å²) in [4.78, 5) is 28.8. The summed E-state index contributed by atoms with van der Waals surface area (Å²) in [5, 5.41) is 6.19. The van der Waals surface area contributed by atoms with Gasteiger partial charge in [-0.15, -0.1) is 0 Å². The number of nitrogens with zero attached hydrogens (tertiary/aromatic N) is 4. The number of pyridine rings is 1. The maximum absolute atomic E-state index is 13.4. The van der Waals surface area contributed by atoms with Gasteiger partial charge in [-0.05, 0) is 37.3 Å². The quantitative estimate of drug-likeness (QED) is 0.254. The maximum atomic E-state index is 13.4. The number of nitrogens with two attached hydrogens (primary N) is 1. The number of ether oxygens (including phenoxy) is 1. The monoisotopic (exact) mass is 552 g/mol. The van der Waals surface area contributed by atoms with Crippen LogP contribution in [-0.2, 0) is 18.0 Å². The molecule has 0 atom stereocenters. The number of aromatic nitrogens is 3. The van der Waals surface area contributed by atoms with Gasteiger partial charge in [-0.25, -0.2) is 18.9 Å². The number of carbonyl (C=O) groups excluding carboxylic acids is 1. The minimum absolute atomic E-state index is 0.00855. The van der Waals surface area contributed by atoms with Crippen LogP contribution in [0.3, 0.4) is 0 Å². The Balaban J connectivity index is 2.15. The summed E-state index contributed by atoms with van der Waals surface area (Å²) in [6.07, 6.45) is -2.26. The van der Waals surface area contributed by atoms with Crippen molar-refractivity contribution in [2.75, 3.05) is 12.4 Å². The summed E-state index contributed by atoms with van der Waals surface area (Å²) < 4.78 is 59.8. The minimum atomic E-state index is -4.73. The lowest BCUT2D eigenvalue weighted by Crippen LogP contribution is -2.25. The van der Waals surface area contributed by atoms with Crippen LogP contribution >= 0.6 is 11.6 Å². The van der Waals surface area contributed by atoms with Gasteiger partial charge in [0.1, 0.15) is 23.0 Å². The lowest BCUT2D eigenvalue weighted by Gasteiger charge is -2.13. The van der Waals surface area contributed by atoms with Crippen LogP contribution in [0, 0.1) is 12.7 Å². The maximum Gasteiger partial charge on any atom is 0.435 e. The molecule has 0 fully saturated rings. The highest BCUT2D eigenvalue weighted by molar-refractivity contribution is 6.31. The molecule has 0 saturated heterocycles. The second-order valence-electron chi connectivity index (χ2n) is 7.89. The van der Waals surface area contributed by atoms with Crippen LogP contribution in [-0.4, -0.2) is 33.6 Å². The third-order valence-corrected chi connectivity index (χ3v) is 5.43. The first-order valence-electron chi connectivity index (χ1n) is 10.6. The van der Waals surface area contributed by atoms with Gasteiger partial charge in [-0.2, -0.15) is 18.3 Å². The lowest BCUT2D eigenvalue weighted by atomic mass is 10.1. The van der Waals surface area contributed by atoms with Gasteiger partial charge in [0.2, 0.25) is 0 Å². The first-order chi connectivity index (χ1) is 17.7. The molecule has 0 spiro atoms. The van der Waals surface area contributed by atoms with Crippen LogP contribution in [0.25, 0.3) is 11.4 Å². The smallest absolute Gasteiger partial charge is 0.435 e. The van der Waals surface area contributed by atoms with Crippen molar-refractivity contribution in [2.24, 2.45) is 17.8 Å². The standard InChI is InChI=1S/C24H21ClF4N6O3/c1-12-7-20(24(27,28)29)33-35(12)21(30)17(14-8-16(23(37)38-4)22(36)34(3)11-14)10-31-13(2)32-15-5-6-19(26)18(25)9-15/h5-11,32H,2,30H2,1,3-4H3/b21-17-,31-10?. The number of benzene rings is 1. The molecule has 0 aliphatic heterocycles. The SMILES string of the molecule is C=C(N=C/C(=C(\N)n1nc(C(F)(F)F)cc1C)c1cc(C(=O)OC)c(=O)n(C)c1)Nc1ccc(F)c(Cl)c1. The number of rotatable bonds is 7. The summed E-state index contributed by atoms with van der Waals surface area (Å²) >= 11 is 5.78. The number of esters is 1.